The molecule has 56 valence electrons. The van der Waals surface area contributed by atoms with Crippen LogP contribution in [0.15, 0.2) is 0 Å². The minimum absolute atomic E-state index is 0. The van der Waals surface area contributed by atoms with Crippen molar-refractivity contribution < 1.29 is 60.2 Å². The Morgan fingerprint density at radius 2 is 0.667 bits per heavy atom. The van der Waals surface area contributed by atoms with Gasteiger partial charge in [-0.1, -0.05) is 0 Å². The maximum atomic E-state index is 9.87. The van der Waals surface area contributed by atoms with Gasteiger partial charge in [-0.25, -0.2) is 0 Å². The van der Waals surface area contributed by atoms with E-state index >= 15 is 0 Å². The molecule has 1 nitrogen and oxygen atoms in total. The molecular weight excluding hydrogens is 184 g/mol. The standard InChI is InChI=1S/F6P.Na.H2O/c1-7(2,3,4,5)6;;/h;;1H2/q-1;+1;/p-1. The Labute approximate surface area is 68.3 Å². The van der Waals surface area contributed by atoms with Crippen molar-refractivity contribution in [3.8, 4) is 0 Å². The molecule has 0 saturated heterocycles. The second-order valence-electron chi connectivity index (χ2n) is 0.958. The van der Waals surface area contributed by atoms with Crippen LogP contribution in [-0.4, -0.2) is 5.48 Å². The predicted molar refractivity (Wildman–Crippen MR) is 15.5 cm³/mol. The molecule has 0 aliphatic carbocycles. The molecule has 0 atom stereocenters. The van der Waals surface area contributed by atoms with Crippen molar-refractivity contribution >= 4 is 7.81 Å². The van der Waals surface area contributed by atoms with Gasteiger partial charge in [0.1, 0.15) is 0 Å². The van der Waals surface area contributed by atoms with E-state index in [1.54, 1.807) is 0 Å². The fourth-order valence-corrected chi connectivity index (χ4v) is 0. The van der Waals surface area contributed by atoms with Crippen molar-refractivity contribution in [1.29, 1.82) is 0 Å². The molecular formula is HF6NaOP-. The number of rotatable bonds is 0. The zero-order chi connectivity index (χ0) is 6.41. The molecule has 9 heteroatoms. The summed E-state index contributed by atoms with van der Waals surface area (Å²) in [5.74, 6) is 0. The van der Waals surface area contributed by atoms with Crippen LogP contribution in [0.25, 0.3) is 0 Å². The molecule has 0 unspecified atom stereocenters. The Balaban J connectivity index is -0.000000180. The van der Waals surface area contributed by atoms with Crippen LogP contribution in [0, 0.1) is 0 Å². The van der Waals surface area contributed by atoms with Crippen molar-refractivity contribution in [1.82, 2.24) is 0 Å². The van der Waals surface area contributed by atoms with Gasteiger partial charge in [-0.2, -0.15) is 0 Å². The molecule has 0 aromatic heterocycles. The van der Waals surface area contributed by atoms with Gasteiger partial charge in [-0.15, -0.1) is 0 Å². The molecule has 0 fully saturated rings. The van der Waals surface area contributed by atoms with E-state index in [-0.39, 0.29) is 35.0 Å². The summed E-state index contributed by atoms with van der Waals surface area (Å²) in [6.45, 7) is 0. The summed E-state index contributed by atoms with van der Waals surface area (Å²) in [4.78, 5) is 0. The number of hydrogen-bond acceptors (Lipinski definition) is 1. The molecule has 0 radical (unpaired) electrons. The second kappa shape index (κ2) is 2.23. The molecule has 0 bridgehead atoms. The van der Waals surface area contributed by atoms with Crippen LogP contribution in [0.3, 0.4) is 0 Å². The van der Waals surface area contributed by atoms with E-state index in [2.05, 4.69) is 0 Å². The van der Waals surface area contributed by atoms with Crippen LogP contribution in [0.2, 0.25) is 0 Å². The van der Waals surface area contributed by atoms with Gasteiger partial charge in [-0.05, 0) is 0 Å². The van der Waals surface area contributed by atoms with Gasteiger partial charge < -0.3 is 5.48 Å². The number of halogens is 6. The first-order valence-electron chi connectivity index (χ1n) is 1.01. The molecule has 9 heavy (non-hydrogen) atoms. The van der Waals surface area contributed by atoms with Crippen LogP contribution in [0.5, 0.6) is 0 Å². The van der Waals surface area contributed by atoms with Crippen molar-refractivity contribution in [2.45, 2.75) is 0 Å². The first kappa shape index (κ1) is 16.5. The van der Waals surface area contributed by atoms with Crippen molar-refractivity contribution in [3.63, 3.8) is 0 Å². The van der Waals surface area contributed by atoms with E-state index in [1.807, 2.05) is 0 Å². The maximum Gasteiger partial charge on any atom is 1.00 e. The molecule has 0 heterocycles. The summed E-state index contributed by atoms with van der Waals surface area (Å²) >= 11 is 0. The zero-order valence-corrected chi connectivity index (χ0v) is 7.06. The number of hydrogen-bond donors (Lipinski definition) is 0. The summed E-state index contributed by atoms with van der Waals surface area (Å²) in [5, 5.41) is 0. The first-order chi connectivity index (χ1) is 2.45. The summed E-state index contributed by atoms with van der Waals surface area (Å²) in [7, 11) is -10.7. The van der Waals surface area contributed by atoms with Crippen LogP contribution >= 0.6 is 7.81 Å². The van der Waals surface area contributed by atoms with Gasteiger partial charge in [-0.3, -0.25) is 0 Å². The molecule has 0 aliphatic heterocycles. The quantitative estimate of drug-likeness (QED) is 0.301. The molecule has 0 rings (SSSR count). The van der Waals surface area contributed by atoms with Crippen molar-refractivity contribution in [2.75, 3.05) is 0 Å². The summed E-state index contributed by atoms with van der Waals surface area (Å²) < 4.78 is 59.2. The monoisotopic (exact) mass is 185 g/mol. The Bertz CT molecular complexity index is 71.6. The van der Waals surface area contributed by atoms with Crippen molar-refractivity contribution in [2.24, 2.45) is 0 Å². The summed E-state index contributed by atoms with van der Waals surface area (Å²) in [6.07, 6.45) is 0. The zero-order valence-electron chi connectivity index (χ0n) is 4.16. The van der Waals surface area contributed by atoms with E-state index in [0.717, 1.165) is 0 Å². The van der Waals surface area contributed by atoms with E-state index < -0.39 is 7.81 Å². The summed E-state index contributed by atoms with van der Waals surface area (Å²) in [6, 6.07) is 0. The van der Waals surface area contributed by atoms with Crippen LogP contribution in [0.4, 0.5) is 25.2 Å². The van der Waals surface area contributed by atoms with Gasteiger partial charge >= 0.3 is 62.5 Å². The smallest absolute Gasteiger partial charge is 0.870 e. The third kappa shape index (κ3) is 463. The normalized spacial score (nSPS) is 18.0. The molecule has 0 saturated carbocycles. The Morgan fingerprint density at radius 3 is 0.667 bits per heavy atom. The van der Waals surface area contributed by atoms with Gasteiger partial charge in [0.2, 0.25) is 0 Å². The third-order valence-corrected chi connectivity index (χ3v) is 0. The molecule has 0 aromatic rings. The largest absolute Gasteiger partial charge is 1.00 e. The Kier molecular flexibility index (Phi) is 4.10. The molecule has 1 N–H and O–H groups in total. The minimum atomic E-state index is -10.7. The predicted octanol–water partition coefficient (Wildman–Crippen LogP) is 0.210. The Hall–Kier alpha value is 0.970. The first-order valence-corrected chi connectivity index (χ1v) is 3.04. The second-order valence-corrected chi connectivity index (χ2v) is 2.87. The molecule has 0 amide bonds. The van der Waals surface area contributed by atoms with Crippen LogP contribution in [0.1, 0.15) is 0 Å². The average molecular weight is 185 g/mol. The maximum absolute atomic E-state index is 10.7. The van der Waals surface area contributed by atoms with E-state index in [0.29, 0.717) is 0 Å². The molecule has 0 spiro atoms. The fourth-order valence-electron chi connectivity index (χ4n) is 0. The Morgan fingerprint density at radius 1 is 0.667 bits per heavy atom. The van der Waals surface area contributed by atoms with Gasteiger partial charge in [0.25, 0.3) is 0 Å². The summed E-state index contributed by atoms with van der Waals surface area (Å²) in [5.41, 5.74) is 0. The van der Waals surface area contributed by atoms with Gasteiger partial charge in [0.05, 0.1) is 0 Å². The van der Waals surface area contributed by atoms with Gasteiger partial charge in [0.15, 0.2) is 0 Å². The fraction of sp³-hybridized carbons (Fsp3) is 0. The third-order valence-electron chi connectivity index (χ3n) is 0. The van der Waals surface area contributed by atoms with Crippen LogP contribution < -0.4 is 29.6 Å². The average Bonchev–Trinajstić information content (AvgIpc) is 0.592. The van der Waals surface area contributed by atoms with Crippen molar-refractivity contribution in [3.05, 3.63) is 0 Å². The van der Waals surface area contributed by atoms with E-state index in [1.165, 1.54) is 0 Å². The van der Waals surface area contributed by atoms with Gasteiger partial charge in [0, 0.05) is 0 Å². The molecule has 0 aliphatic rings. The topological polar surface area (TPSA) is 30.0 Å². The molecule has 0 aromatic carbocycles. The van der Waals surface area contributed by atoms with E-state index in [4.69, 9.17) is 0 Å². The van der Waals surface area contributed by atoms with E-state index in [9.17, 15) is 25.2 Å². The van der Waals surface area contributed by atoms with Crippen LogP contribution in [-0.2, 0) is 0 Å². The SMILES string of the molecule is F[P-](F)(F)(F)(F)F.[Na+].[OH-]. The minimum Gasteiger partial charge on any atom is -0.870 e.